The second-order valence-electron chi connectivity index (χ2n) is 7.22. The van der Waals surface area contributed by atoms with Gasteiger partial charge in [0.2, 0.25) is 0 Å². The molecule has 3 rings (SSSR count). The topological polar surface area (TPSA) is 104 Å². The van der Waals surface area contributed by atoms with Crippen molar-refractivity contribution in [2.75, 3.05) is 25.3 Å². The van der Waals surface area contributed by atoms with Crippen LogP contribution in [0, 0.1) is 0 Å². The number of carbonyl (C=O) groups excluding carboxylic acids is 1. The maximum Gasteiger partial charge on any atom is 0.259 e. The molecular formula is C22H26N2O6S2. The average molecular weight is 479 g/mol. The second-order valence-corrected chi connectivity index (χ2v) is 10.5. The Morgan fingerprint density at radius 2 is 1.72 bits per heavy atom. The third-order valence-electron chi connectivity index (χ3n) is 4.69. The molecule has 1 atom stereocenters. The van der Waals surface area contributed by atoms with Gasteiger partial charge in [-0.05, 0) is 31.5 Å². The number of benzene rings is 2. The zero-order valence-electron chi connectivity index (χ0n) is 18.5. The molecule has 0 aliphatic rings. The van der Waals surface area contributed by atoms with Crippen LogP contribution < -0.4 is 14.8 Å². The lowest BCUT2D eigenvalue weighted by atomic mass is 10.1. The normalized spacial score (nSPS) is 12.7. The fourth-order valence-electron chi connectivity index (χ4n) is 3.06. The fourth-order valence-corrected chi connectivity index (χ4v) is 4.82. The molecule has 0 fully saturated rings. The Morgan fingerprint density at radius 1 is 1.09 bits per heavy atom. The van der Waals surface area contributed by atoms with Gasteiger partial charge in [0.05, 0.1) is 41.2 Å². The first kappa shape index (κ1) is 24.0. The average Bonchev–Trinajstić information content (AvgIpc) is 3.17. The highest BCUT2D eigenvalue weighted by Gasteiger charge is 2.25. The molecule has 1 amide bonds. The van der Waals surface area contributed by atoms with Crippen LogP contribution >= 0.6 is 11.3 Å². The van der Waals surface area contributed by atoms with E-state index in [1.807, 2.05) is 13.8 Å². The summed E-state index contributed by atoms with van der Waals surface area (Å²) in [7, 11) is -0.230. The van der Waals surface area contributed by atoms with Crippen LogP contribution in [0.4, 0.5) is 5.13 Å². The molecule has 8 nitrogen and oxygen atoms in total. The molecule has 0 bridgehead atoms. The molecule has 3 aromatic rings. The SMILES string of the molecule is CCS(=O)(=O)c1ccc(C(OC(C)C)C(=O)Nc2nc3cc(OC)c(OC)cc3s2)cc1. The van der Waals surface area contributed by atoms with Gasteiger partial charge < -0.3 is 14.2 Å². The predicted octanol–water partition coefficient (Wildman–Crippen LogP) is 4.21. The Morgan fingerprint density at radius 3 is 2.28 bits per heavy atom. The van der Waals surface area contributed by atoms with Crippen molar-refractivity contribution in [3.63, 3.8) is 0 Å². The number of amides is 1. The van der Waals surface area contributed by atoms with Gasteiger partial charge in [0.15, 0.2) is 32.6 Å². The van der Waals surface area contributed by atoms with E-state index in [2.05, 4.69) is 10.3 Å². The summed E-state index contributed by atoms with van der Waals surface area (Å²) in [6, 6.07) is 9.74. The summed E-state index contributed by atoms with van der Waals surface area (Å²) in [6.45, 7) is 5.24. The quantitative estimate of drug-likeness (QED) is 0.491. The predicted molar refractivity (Wildman–Crippen MR) is 124 cm³/mol. The van der Waals surface area contributed by atoms with Crippen LogP contribution in [0.2, 0.25) is 0 Å². The summed E-state index contributed by atoms with van der Waals surface area (Å²) >= 11 is 1.30. The monoisotopic (exact) mass is 478 g/mol. The number of hydrogen-bond acceptors (Lipinski definition) is 8. The number of methoxy groups -OCH3 is 2. The van der Waals surface area contributed by atoms with Crippen LogP contribution in [0.5, 0.6) is 11.5 Å². The molecule has 0 radical (unpaired) electrons. The number of nitrogens with one attached hydrogen (secondary N) is 1. The van der Waals surface area contributed by atoms with Crippen molar-refractivity contribution in [1.29, 1.82) is 0 Å². The Balaban J connectivity index is 1.88. The van der Waals surface area contributed by atoms with Gasteiger partial charge in [-0.3, -0.25) is 10.1 Å². The minimum Gasteiger partial charge on any atom is -0.493 e. The van der Waals surface area contributed by atoms with Crippen LogP contribution in [-0.2, 0) is 19.4 Å². The lowest BCUT2D eigenvalue weighted by Crippen LogP contribution is -2.25. The first-order valence-corrected chi connectivity index (χ1v) is 12.5. The highest BCUT2D eigenvalue weighted by molar-refractivity contribution is 7.91. The van der Waals surface area contributed by atoms with Gasteiger partial charge in [0, 0.05) is 12.1 Å². The maximum atomic E-state index is 13.1. The molecule has 2 aromatic carbocycles. The third kappa shape index (κ3) is 5.20. The van der Waals surface area contributed by atoms with Gasteiger partial charge in [-0.2, -0.15) is 0 Å². The Hall–Kier alpha value is -2.69. The molecule has 1 heterocycles. The van der Waals surface area contributed by atoms with Crippen LogP contribution in [-0.4, -0.2) is 45.4 Å². The van der Waals surface area contributed by atoms with E-state index in [0.29, 0.717) is 27.7 Å². The largest absolute Gasteiger partial charge is 0.493 e. The molecular weight excluding hydrogens is 452 g/mol. The van der Waals surface area contributed by atoms with Gasteiger partial charge in [-0.15, -0.1) is 0 Å². The number of carbonyl (C=O) groups is 1. The van der Waals surface area contributed by atoms with Crippen molar-refractivity contribution in [3.8, 4) is 11.5 Å². The molecule has 0 saturated heterocycles. The maximum absolute atomic E-state index is 13.1. The van der Waals surface area contributed by atoms with Crippen LogP contribution in [0.1, 0.15) is 32.4 Å². The van der Waals surface area contributed by atoms with E-state index >= 15 is 0 Å². The van der Waals surface area contributed by atoms with E-state index in [1.165, 1.54) is 23.5 Å². The molecule has 172 valence electrons. The van der Waals surface area contributed by atoms with Gasteiger partial charge in [-0.1, -0.05) is 30.4 Å². The Bertz CT molecular complexity index is 1160. The van der Waals surface area contributed by atoms with Crippen molar-refractivity contribution in [3.05, 3.63) is 42.0 Å². The van der Waals surface area contributed by atoms with Gasteiger partial charge in [0.25, 0.3) is 5.91 Å². The molecule has 1 N–H and O–H groups in total. The number of aromatic nitrogens is 1. The molecule has 1 aromatic heterocycles. The number of ether oxygens (including phenoxy) is 3. The van der Waals surface area contributed by atoms with Crippen molar-refractivity contribution in [1.82, 2.24) is 4.98 Å². The number of rotatable bonds is 9. The number of anilines is 1. The van der Waals surface area contributed by atoms with Crippen molar-refractivity contribution in [2.24, 2.45) is 0 Å². The molecule has 32 heavy (non-hydrogen) atoms. The molecule has 0 saturated carbocycles. The number of fused-ring (bicyclic) bond motifs is 1. The summed E-state index contributed by atoms with van der Waals surface area (Å²) in [5, 5.41) is 3.22. The van der Waals surface area contributed by atoms with Gasteiger partial charge in [-0.25, -0.2) is 13.4 Å². The van der Waals surface area contributed by atoms with Gasteiger partial charge in [0.1, 0.15) is 0 Å². The molecule has 0 aliphatic heterocycles. The summed E-state index contributed by atoms with van der Waals surface area (Å²) in [5.41, 5.74) is 1.22. The third-order valence-corrected chi connectivity index (χ3v) is 7.38. The zero-order valence-corrected chi connectivity index (χ0v) is 20.2. The Labute approximate surface area is 191 Å². The fraction of sp³-hybridized carbons (Fsp3) is 0.364. The standard InChI is InChI=1S/C22H26N2O6S2/c1-6-32(26,27)15-9-7-14(8-10-15)20(30-13(2)3)21(25)24-22-23-16-11-17(28-4)18(29-5)12-19(16)31-22/h7-13,20H,6H2,1-5H3,(H,23,24,25). The molecule has 0 aliphatic carbocycles. The van der Waals surface area contributed by atoms with Crippen LogP contribution in [0.25, 0.3) is 10.2 Å². The number of hydrogen-bond donors (Lipinski definition) is 1. The summed E-state index contributed by atoms with van der Waals surface area (Å²) in [5.74, 6) is 0.727. The lowest BCUT2D eigenvalue weighted by molar-refractivity contribution is -0.130. The Kier molecular flexibility index (Phi) is 7.37. The van der Waals surface area contributed by atoms with E-state index in [1.54, 1.807) is 45.4 Å². The minimum absolute atomic E-state index is 0.00589. The van der Waals surface area contributed by atoms with E-state index in [0.717, 1.165) is 4.70 Å². The minimum atomic E-state index is -3.33. The van der Waals surface area contributed by atoms with Gasteiger partial charge >= 0.3 is 0 Å². The van der Waals surface area contributed by atoms with Crippen molar-refractivity contribution >= 4 is 42.4 Å². The van der Waals surface area contributed by atoms with Crippen molar-refractivity contribution < 1.29 is 27.4 Å². The smallest absolute Gasteiger partial charge is 0.259 e. The number of sulfone groups is 1. The van der Waals surface area contributed by atoms with Crippen LogP contribution in [0.3, 0.4) is 0 Å². The zero-order chi connectivity index (χ0) is 23.5. The molecule has 10 heteroatoms. The van der Waals surface area contributed by atoms with Crippen LogP contribution in [0.15, 0.2) is 41.3 Å². The summed E-state index contributed by atoms with van der Waals surface area (Å²) in [4.78, 5) is 17.7. The highest BCUT2D eigenvalue weighted by Crippen LogP contribution is 2.36. The van der Waals surface area contributed by atoms with E-state index in [-0.39, 0.29) is 16.8 Å². The number of nitrogens with zero attached hydrogens (tertiary/aromatic N) is 1. The highest BCUT2D eigenvalue weighted by atomic mass is 32.2. The van der Waals surface area contributed by atoms with E-state index < -0.39 is 21.8 Å². The second kappa shape index (κ2) is 9.85. The number of thiazole rings is 1. The van der Waals surface area contributed by atoms with Crippen molar-refractivity contribution in [2.45, 2.75) is 37.9 Å². The first-order valence-electron chi connectivity index (χ1n) is 10.00. The molecule has 1 unspecified atom stereocenters. The summed E-state index contributed by atoms with van der Waals surface area (Å²) < 4.78 is 41.4. The first-order chi connectivity index (χ1) is 15.2. The molecule has 0 spiro atoms. The lowest BCUT2D eigenvalue weighted by Gasteiger charge is -2.20. The van der Waals surface area contributed by atoms with E-state index in [4.69, 9.17) is 14.2 Å². The van der Waals surface area contributed by atoms with E-state index in [9.17, 15) is 13.2 Å². The summed E-state index contributed by atoms with van der Waals surface area (Å²) in [6.07, 6.45) is -1.15.